The van der Waals surface area contributed by atoms with Gasteiger partial charge in [-0.05, 0) is 57.8 Å². The molecule has 6 nitrogen and oxygen atoms in total. The van der Waals surface area contributed by atoms with Crippen LogP contribution in [0.2, 0.25) is 0 Å². The van der Waals surface area contributed by atoms with Crippen LogP contribution < -0.4 is 0 Å². The minimum atomic E-state index is -0.769. The molecule has 0 radical (unpaired) electrons. The van der Waals surface area contributed by atoms with Crippen LogP contribution in [0.15, 0.2) is 36.5 Å². The molecule has 1 atom stereocenters. The lowest BCUT2D eigenvalue weighted by Crippen LogP contribution is -2.30. The molecule has 320 valence electrons. The molecule has 0 aromatic heterocycles. The van der Waals surface area contributed by atoms with Crippen LogP contribution in [0, 0.1) is 0 Å². The van der Waals surface area contributed by atoms with Crippen molar-refractivity contribution in [2.75, 3.05) is 13.2 Å². The molecule has 0 aliphatic rings. The lowest BCUT2D eigenvalue weighted by molar-refractivity contribution is -0.167. The van der Waals surface area contributed by atoms with Crippen molar-refractivity contribution in [3.05, 3.63) is 36.5 Å². The van der Waals surface area contributed by atoms with Crippen molar-refractivity contribution in [3.63, 3.8) is 0 Å². The van der Waals surface area contributed by atoms with Crippen molar-refractivity contribution >= 4 is 17.9 Å². The van der Waals surface area contributed by atoms with Crippen molar-refractivity contribution in [1.29, 1.82) is 0 Å². The smallest absolute Gasteiger partial charge is 0.306 e. The second kappa shape index (κ2) is 44.3. The zero-order chi connectivity index (χ0) is 40.1. The molecule has 0 fully saturated rings. The first-order valence-corrected chi connectivity index (χ1v) is 23.5. The topological polar surface area (TPSA) is 78.9 Å². The van der Waals surface area contributed by atoms with Crippen LogP contribution in [-0.4, -0.2) is 37.2 Å². The van der Waals surface area contributed by atoms with E-state index in [-0.39, 0.29) is 31.1 Å². The highest BCUT2D eigenvalue weighted by molar-refractivity contribution is 5.71. The van der Waals surface area contributed by atoms with Crippen LogP contribution in [0.5, 0.6) is 0 Å². The lowest BCUT2D eigenvalue weighted by Gasteiger charge is -2.18. The summed E-state index contributed by atoms with van der Waals surface area (Å²) in [5.41, 5.74) is 0. The van der Waals surface area contributed by atoms with Gasteiger partial charge in [0, 0.05) is 19.3 Å². The molecule has 0 aliphatic carbocycles. The quantitative estimate of drug-likeness (QED) is 0.0266. The van der Waals surface area contributed by atoms with Crippen LogP contribution in [0.25, 0.3) is 0 Å². The molecular weight excluding hydrogens is 685 g/mol. The average Bonchev–Trinajstić information content (AvgIpc) is 3.18. The highest BCUT2D eigenvalue weighted by Crippen LogP contribution is 2.14. The summed E-state index contributed by atoms with van der Waals surface area (Å²) in [4.78, 5) is 37.6. The van der Waals surface area contributed by atoms with Crippen molar-refractivity contribution in [2.45, 2.75) is 245 Å². The number of rotatable bonds is 42. The van der Waals surface area contributed by atoms with Gasteiger partial charge in [-0.25, -0.2) is 0 Å². The van der Waals surface area contributed by atoms with Gasteiger partial charge in [0.15, 0.2) is 6.10 Å². The van der Waals surface area contributed by atoms with E-state index < -0.39 is 6.10 Å². The van der Waals surface area contributed by atoms with Crippen LogP contribution in [-0.2, 0) is 28.6 Å². The molecule has 0 amide bonds. The van der Waals surface area contributed by atoms with E-state index in [1.54, 1.807) is 0 Å². The Labute approximate surface area is 340 Å². The molecule has 0 aromatic rings. The van der Waals surface area contributed by atoms with E-state index in [0.29, 0.717) is 19.3 Å². The Morgan fingerprint density at radius 3 is 1.05 bits per heavy atom. The van der Waals surface area contributed by atoms with Crippen molar-refractivity contribution in [3.8, 4) is 0 Å². The van der Waals surface area contributed by atoms with Gasteiger partial charge in [-0.1, -0.05) is 198 Å². The first-order chi connectivity index (χ1) is 27.0. The fourth-order valence-corrected chi connectivity index (χ4v) is 6.57. The first-order valence-electron chi connectivity index (χ1n) is 23.5. The van der Waals surface area contributed by atoms with Gasteiger partial charge in [-0.3, -0.25) is 14.4 Å². The maximum absolute atomic E-state index is 12.7. The summed E-state index contributed by atoms with van der Waals surface area (Å²) >= 11 is 0. The summed E-state index contributed by atoms with van der Waals surface area (Å²) in [5, 5.41) is 0. The fourth-order valence-electron chi connectivity index (χ4n) is 6.57. The van der Waals surface area contributed by atoms with E-state index >= 15 is 0 Å². The van der Waals surface area contributed by atoms with E-state index in [0.717, 1.165) is 77.0 Å². The molecule has 0 heterocycles. The monoisotopic (exact) mass is 773 g/mol. The molecule has 0 bridgehead atoms. The predicted molar refractivity (Wildman–Crippen MR) is 233 cm³/mol. The van der Waals surface area contributed by atoms with Gasteiger partial charge < -0.3 is 14.2 Å². The molecule has 0 saturated heterocycles. The molecule has 0 aromatic carbocycles. The van der Waals surface area contributed by atoms with Crippen molar-refractivity contribution in [1.82, 2.24) is 0 Å². The molecule has 0 spiro atoms. The molecule has 0 N–H and O–H groups in total. The number of hydrogen-bond acceptors (Lipinski definition) is 6. The Morgan fingerprint density at radius 2 is 0.655 bits per heavy atom. The van der Waals surface area contributed by atoms with E-state index in [1.165, 1.54) is 122 Å². The van der Waals surface area contributed by atoms with Gasteiger partial charge in [0.05, 0.1) is 0 Å². The van der Waals surface area contributed by atoms with Gasteiger partial charge in [0.25, 0.3) is 0 Å². The first kappa shape index (κ1) is 52.6. The minimum Gasteiger partial charge on any atom is -0.462 e. The number of ether oxygens (including phenoxy) is 3. The Hall–Kier alpha value is -2.37. The maximum atomic E-state index is 12.7. The van der Waals surface area contributed by atoms with Crippen molar-refractivity contribution < 1.29 is 28.6 Å². The summed E-state index contributed by atoms with van der Waals surface area (Å²) < 4.78 is 16.7. The number of hydrogen-bond donors (Lipinski definition) is 0. The molecule has 55 heavy (non-hydrogen) atoms. The zero-order valence-corrected chi connectivity index (χ0v) is 36.4. The molecule has 6 heteroatoms. The number of carbonyl (C=O) groups excluding carboxylic acids is 3. The summed E-state index contributed by atoms with van der Waals surface area (Å²) in [6, 6.07) is 0. The van der Waals surface area contributed by atoms with Crippen LogP contribution in [0.1, 0.15) is 239 Å². The predicted octanol–water partition coefficient (Wildman–Crippen LogP) is 15.0. The van der Waals surface area contributed by atoms with E-state index in [4.69, 9.17) is 14.2 Å². The summed E-state index contributed by atoms with van der Waals surface area (Å²) in [5.74, 6) is -0.889. The molecule has 0 aliphatic heterocycles. The van der Waals surface area contributed by atoms with Gasteiger partial charge in [-0.15, -0.1) is 0 Å². The Morgan fingerprint density at radius 1 is 0.364 bits per heavy atom. The highest BCUT2D eigenvalue weighted by Gasteiger charge is 2.19. The average molecular weight is 773 g/mol. The number of esters is 3. The Balaban J connectivity index is 4.27. The van der Waals surface area contributed by atoms with Gasteiger partial charge >= 0.3 is 17.9 Å². The molecule has 0 saturated carbocycles. The van der Waals surface area contributed by atoms with E-state index in [2.05, 4.69) is 57.2 Å². The normalized spacial score (nSPS) is 12.3. The Bertz CT molecular complexity index is 938. The zero-order valence-electron chi connectivity index (χ0n) is 36.4. The minimum absolute atomic E-state index is 0.0736. The maximum Gasteiger partial charge on any atom is 0.306 e. The van der Waals surface area contributed by atoms with Crippen LogP contribution >= 0.6 is 0 Å². The SMILES string of the molecule is CCCCC/C=C\C/C=C\C/C=C\CCCCCCCCC(=O)OCC(COC(=O)CCCCCCCCCCC)OC(=O)CCCCCCCCCCC. The lowest BCUT2D eigenvalue weighted by atomic mass is 10.1. The summed E-state index contributed by atoms with van der Waals surface area (Å²) in [7, 11) is 0. The number of carbonyl (C=O) groups is 3. The standard InChI is InChI=1S/C49H88O6/c1-4-7-10-13-16-19-20-21-22-23-24-25-26-27-28-31-33-36-39-42-48(51)54-45-46(55-49(52)43-40-37-34-30-18-15-12-9-6-3)44-53-47(50)41-38-35-32-29-17-14-11-8-5-2/h16,19,21-22,24-25,46H,4-15,17-18,20,23,26-45H2,1-3H3/b19-16-,22-21-,25-24-. The van der Waals surface area contributed by atoms with Crippen LogP contribution in [0.4, 0.5) is 0 Å². The molecular formula is C49H88O6. The second-order valence-corrected chi connectivity index (χ2v) is 15.7. The highest BCUT2D eigenvalue weighted by atomic mass is 16.6. The molecule has 0 rings (SSSR count). The number of unbranched alkanes of at least 4 members (excludes halogenated alkanes) is 25. The third kappa shape index (κ3) is 42.6. The fraction of sp³-hybridized carbons (Fsp3) is 0.816. The van der Waals surface area contributed by atoms with Gasteiger partial charge in [0.1, 0.15) is 13.2 Å². The largest absolute Gasteiger partial charge is 0.462 e. The van der Waals surface area contributed by atoms with E-state index in [9.17, 15) is 14.4 Å². The summed E-state index contributed by atoms with van der Waals surface area (Å²) in [6.07, 6.45) is 49.9. The van der Waals surface area contributed by atoms with Gasteiger partial charge in [-0.2, -0.15) is 0 Å². The third-order valence-electron chi connectivity index (χ3n) is 10.1. The summed E-state index contributed by atoms with van der Waals surface area (Å²) in [6.45, 7) is 6.56. The van der Waals surface area contributed by atoms with Crippen molar-refractivity contribution in [2.24, 2.45) is 0 Å². The number of allylic oxidation sites excluding steroid dienone is 6. The van der Waals surface area contributed by atoms with E-state index in [1.807, 2.05) is 0 Å². The second-order valence-electron chi connectivity index (χ2n) is 15.7. The van der Waals surface area contributed by atoms with Gasteiger partial charge in [0.2, 0.25) is 0 Å². The Kier molecular flexibility index (Phi) is 42.4. The molecule has 1 unspecified atom stereocenters. The third-order valence-corrected chi connectivity index (χ3v) is 10.1. The van der Waals surface area contributed by atoms with Crippen LogP contribution in [0.3, 0.4) is 0 Å².